The van der Waals surface area contributed by atoms with Gasteiger partial charge in [0, 0.05) is 12.1 Å². The SMILES string of the molecule is COc1ccc(Nc2nn(-c3ccccc3)c3c2C(=O)C[C@H](C)C3)cc1. The maximum Gasteiger partial charge on any atom is 0.168 e. The fourth-order valence-electron chi connectivity index (χ4n) is 3.44. The molecule has 0 unspecified atom stereocenters. The maximum absolute atomic E-state index is 12.7. The standard InChI is InChI=1S/C21H21N3O2/c1-14-12-18-20(19(25)13-14)21(22-15-8-10-17(26-2)11-9-15)23-24(18)16-6-4-3-5-7-16/h3-11,14H,12-13H2,1-2H3,(H,22,23)/t14-/m1/s1. The number of rotatable bonds is 4. The van der Waals surface area contributed by atoms with Gasteiger partial charge in [0.1, 0.15) is 5.75 Å². The highest BCUT2D eigenvalue weighted by atomic mass is 16.5. The second-order valence-electron chi connectivity index (χ2n) is 6.71. The van der Waals surface area contributed by atoms with Crippen LogP contribution in [0.4, 0.5) is 11.5 Å². The number of nitrogens with zero attached hydrogens (tertiary/aromatic N) is 2. The smallest absolute Gasteiger partial charge is 0.168 e. The summed E-state index contributed by atoms with van der Waals surface area (Å²) in [4.78, 5) is 12.7. The van der Waals surface area contributed by atoms with Crippen LogP contribution < -0.4 is 10.1 Å². The van der Waals surface area contributed by atoms with Crippen LogP contribution in [-0.2, 0) is 6.42 Å². The molecule has 0 spiro atoms. The summed E-state index contributed by atoms with van der Waals surface area (Å²) in [6.45, 7) is 2.11. The minimum Gasteiger partial charge on any atom is -0.497 e. The van der Waals surface area contributed by atoms with Crippen molar-refractivity contribution < 1.29 is 9.53 Å². The quantitative estimate of drug-likeness (QED) is 0.760. The number of ether oxygens (including phenoxy) is 1. The summed E-state index contributed by atoms with van der Waals surface area (Å²) >= 11 is 0. The molecule has 0 bridgehead atoms. The highest BCUT2D eigenvalue weighted by molar-refractivity contribution is 6.03. The summed E-state index contributed by atoms with van der Waals surface area (Å²) in [5.74, 6) is 1.88. The molecule has 26 heavy (non-hydrogen) atoms. The number of anilines is 2. The third kappa shape index (κ3) is 2.96. The maximum atomic E-state index is 12.7. The van der Waals surface area contributed by atoms with Gasteiger partial charge in [-0.2, -0.15) is 0 Å². The van der Waals surface area contributed by atoms with Crippen LogP contribution in [0.1, 0.15) is 29.4 Å². The Balaban J connectivity index is 1.78. The predicted octanol–water partition coefficient (Wildman–Crippen LogP) is 4.39. The number of hydrogen-bond donors (Lipinski definition) is 1. The fraction of sp³-hybridized carbons (Fsp3) is 0.238. The van der Waals surface area contributed by atoms with E-state index in [-0.39, 0.29) is 5.78 Å². The second kappa shape index (κ2) is 6.67. The number of benzene rings is 2. The molecule has 0 aliphatic heterocycles. The summed E-state index contributed by atoms with van der Waals surface area (Å²) in [5.41, 5.74) is 3.53. The number of Topliss-reactive ketones (excluding diaryl/α,β-unsaturated/α-hetero) is 1. The number of hydrogen-bond acceptors (Lipinski definition) is 4. The van der Waals surface area contributed by atoms with Gasteiger partial charge < -0.3 is 10.1 Å². The van der Waals surface area contributed by atoms with Crippen LogP contribution in [-0.4, -0.2) is 22.7 Å². The molecule has 1 aliphatic rings. The van der Waals surface area contributed by atoms with Crippen molar-refractivity contribution in [2.75, 3.05) is 12.4 Å². The average Bonchev–Trinajstić information content (AvgIpc) is 3.01. The van der Waals surface area contributed by atoms with Gasteiger partial charge in [0.25, 0.3) is 0 Å². The Morgan fingerprint density at radius 2 is 1.81 bits per heavy atom. The molecule has 0 fully saturated rings. The van der Waals surface area contributed by atoms with Gasteiger partial charge in [0.05, 0.1) is 24.1 Å². The molecule has 0 amide bonds. The highest BCUT2D eigenvalue weighted by Gasteiger charge is 2.31. The summed E-state index contributed by atoms with van der Waals surface area (Å²) in [7, 11) is 1.64. The van der Waals surface area contributed by atoms with Crippen molar-refractivity contribution in [1.82, 2.24) is 9.78 Å². The lowest BCUT2D eigenvalue weighted by Crippen LogP contribution is -2.19. The Kier molecular flexibility index (Phi) is 4.21. The van der Waals surface area contributed by atoms with Crippen LogP contribution in [0, 0.1) is 5.92 Å². The molecule has 0 radical (unpaired) electrons. The van der Waals surface area contributed by atoms with Crippen molar-refractivity contribution in [3.05, 3.63) is 65.9 Å². The lowest BCUT2D eigenvalue weighted by Gasteiger charge is -2.19. The van der Waals surface area contributed by atoms with Gasteiger partial charge in [-0.1, -0.05) is 25.1 Å². The number of para-hydroxylation sites is 1. The van der Waals surface area contributed by atoms with Crippen molar-refractivity contribution in [1.29, 1.82) is 0 Å². The minimum absolute atomic E-state index is 0.150. The zero-order valence-corrected chi connectivity index (χ0v) is 14.9. The van der Waals surface area contributed by atoms with Gasteiger partial charge in [0.2, 0.25) is 0 Å². The molecular formula is C21H21N3O2. The molecular weight excluding hydrogens is 326 g/mol. The molecule has 5 heteroatoms. The first-order valence-electron chi connectivity index (χ1n) is 8.77. The predicted molar refractivity (Wildman–Crippen MR) is 102 cm³/mol. The number of carbonyl (C=O) groups is 1. The molecule has 1 heterocycles. The normalized spacial score (nSPS) is 16.2. The molecule has 0 saturated heterocycles. The highest BCUT2D eigenvalue weighted by Crippen LogP contribution is 2.33. The van der Waals surface area contributed by atoms with Gasteiger partial charge >= 0.3 is 0 Å². The van der Waals surface area contributed by atoms with E-state index in [1.807, 2.05) is 59.3 Å². The third-order valence-electron chi connectivity index (χ3n) is 4.69. The van der Waals surface area contributed by atoms with E-state index >= 15 is 0 Å². The molecule has 4 rings (SSSR count). The van der Waals surface area contributed by atoms with Crippen LogP contribution in [0.3, 0.4) is 0 Å². The van der Waals surface area contributed by atoms with Crippen LogP contribution >= 0.6 is 0 Å². The monoisotopic (exact) mass is 347 g/mol. The van der Waals surface area contributed by atoms with Gasteiger partial charge in [-0.05, 0) is 48.7 Å². The van der Waals surface area contributed by atoms with Gasteiger partial charge in [-0.3, -0.25) is 4.79 Å². The van der Waals surface area contributed by atoms with E-state index in [4.69, 9.17) is 9.84 Å². The number of ketones is 1. The molecule has 132 valence electrons. The summed E-state index contributed by atoms with van der Waals surface area (Å²) in [6, 6.07) is 17.6. The fourth-order valence-corrected chi connectivity index (χ4v) is 3.44. The first kappa shape index (κ1) is 16.4. The first-order valence-corrected chi connectivity index (χ1v) is 8.77. The van der Waals surface area contributed by atoms with Crippen molar-refractivity contribution in [2.45, 2.75) is 19.8 Å². The molecule has 5 nitrogen and oxygen atoms in total. The van der Waals surface area contributed by atoms with Crippen molar-refractivity contribution in [2.24, 2.45) is 5.92 Å². The van der Waals surface area contributed by atoms with E-state index in [1.165, 1.54) is 0 Å². The summed E-state index contributed by atoms with van der Waals surface area (Å²) in [5, 5.41) is 8.05. The van der Waals surface area contributed by atoms with Crippen LogP contribution in [0.25, 0.3) is 5.69 Å². The van der Waals surface area contributed by atoms with Crippen molar-refractivity contribution in [3.8, 4) is 11.4 Å². The van der Waals surface area contributed by atoms with E-state index in [1.54, 1.807) is 7.11 Å². The number of nitrogens with one attached hydrogen (secondary N) is 1. The van der Waals surface area contributed by atoms with Gasteiger partial charge in [-0.25, -0.2) is 4.68 Å². The molecule has 1 atom stereocenters. The van der Waals surface area contributed by atoms with E-state index in [9.17, 15) is 4.79 Å². The van der Waals surface area contributed by atoms with Crippen molar-refractivity contribution >= 4 is 17.3 Å². The number of methoxy groups -OCH3 is 1. The molecule has 0 saturated carbocycles. The Morgan fingerprint density at radius 1 is 1.08 bits per heavy atom. The van der Waals surface area contributed by atoms with Gasteiger partial charge in [-0.15, -0.1) is 5.10 Å². The Hall–Kier alpha value is -3.08. The zero-order chi connectivity index (χ0) is 18.1. The molecule has 1 N–H and O–H groups in total. The zero-order valence-electron chi connectivity index (χ0n) is 14.9. The first-order chi connectivity index (χ1) is 12.7. The van der Waals surface area contributed by atoms with E-state index < -0.39 is 0 Å². The second-order valence-corrected chi connectivity index (χ2v) is 6.71. The average molecular weight is 347 g/mol. The van der Waals surface area contributed by atoms with Crippen LogP contribution in [0.5, 0.6) is 5.75 Å². The Morgan fingerprint density at radius 3 is 2.50 bits per heavy atom. The largest absolute Gasteiger partial charge is 0.497 e. The van der Waals surface area contributed by atoms with E-state index in [0.717, 1.165) is 29.2 Å². The number of carbonyl (C=O) groups excluding carboxylic acids is 1. The summed E-state index contributed by atoms with van der Waals surface area (Å²) < 4.78 is 7.10. The molecule has 1 aromatic heterocycles. The molecule has 2 aromatic carbocycles. The Bertz CT molecular complexity index is 930. The van der Waals surface area contributed by atoms with Gasteiger partial charge in [0.15, 0.2) is 11.6 Å². The van der Waals surface area contributed by atoms with Crippen LogP contribution in [0.2, 0.25) is 0 Å². The lowest BCUT2D eigenvalue weighted by atomic mass is 9.87. The van der Waals surface area contributed by atoms with Crippen molar-refractivity contribution in [3.63, 3.8) is 0 Å². The molecule has 1 aliphatic carbocycles. The van der Waals surface area contributed by atoms with E-state index in [2.05, 4.69) is 12.2 Å². The minimum atomic E-state index is 0.150. The summed E-state index contributed by atoms with van der Waals surface area (Å²) in [6.07, 6.45) is 1.40. The Labute approximate surface area is 152 Å². The third-order valence-corrected chi connectivity index (χ3v) is 4.69. The lowest BCUT2D eigenvalue weighted by molar-refractivity contribution is 0.0953. The van der Waals surface area contributed by atoms with E-state index in [0.29, 0.717) is 23.7 Å². The van der Waals surface area contributed by atoms with Crippen LogP contribution in [0.15, 0.2) is 54.6 Å². The topological polar surface area (TPSA) is 56.1 Å². The number of fused-ring (bicyclic) bond motifs is 1. The number of aromatic nitrogens is 2. The molecule has 3 aromatic rings.